The number of benzene rings is 1. The first kappa shape index (κ1) is 16.7. The summed E-state index contributed by atoms with van der Waals surface area (Å²) >= 11 is 0. The minimum Gasteiger partial charge on any atom is -0.493 e. The number of nitrogens with two attached hydrogens (primary N) is 1. The molecule has 8 nitrogen and oxygen atoms in total. The van der Waals surface area contributed by atoms with Crippen molar-refractivity contribution < 1.29 is 14.2 Å². The van der Waals surface area contributed by atoms with E-state index in [1.165, 1.54) is 21.3 Å². The first-order valence-electron chi connectivity index (χ1n) is 6.75. The van der Waals surface area contributed by atoms with Gasteiger partial charge in [0, 0.05) is 0 Å². The summed E-state index contributed by atoms with van der Waals surface area (Å²) in [4.78, 5) is 0. The van der Waals surface area contributed by atoms with Crippen LogP contribution in [0.15, 0.2) is 12.1 Å². The van der Waals surface area contributed by atoms with Gasteiger partial charge < -0.3 is 19.9 Å². The molecule has 0 unspecified atom stereocenters. The Morgan fingerprint density at radius 2 is 1.79 bits per heavy atom. The highest BCUT2D eigenvalue weighted by atomic mass is 16.5. The monoisotopic (exact) mass is 325 g/mol. The standard InChI is InChI=1S/C16H15N5O3/c1-22-12-5-9(6-13(23-2)15(12)24-3)4-10(7-17)14-11(8-18)16(19)21-20-14/h4-6H,1-3H3,(H3,19,20,21). The number of H-pyrrole nitrogens is 1. The highest BCUT2D eigenvalue weighted by Gasteiger charge is 2.16. The lowest BCUT2D eigenvalue weighted by molar-refractivity contribution is 0.324. The second kappa shape index (κ2) is 7.07. The Hall–Kier alpha value is -3.65. The zero-order valence-corrected chi connectivity index (χ0v) is 13.4. The molecule has 1 heterocycles. The van der Waals surface area contributed by atoms with Crippen molar-refractivity contribution in [3.63, 3.8) is 0 Å². The van der Waals surface area contributed by atoms with E-state index < -0.39 is 0 Å². The number of nitrogens with one attached hydrogen (secondary N) is 1. The number of nitrogen functional groups attached to an aromatic ring is 1. The third-order valence-electron chi connectivity index (χ3n) is 3.29. The first-order valence-corrected chi connectivity index (χ1v) is 6.75. The van der Waals surface area contributed by atoms with Gasteiger partial charge in [-0.25, -0.2) is 0 Å². The number of rotatable bonds is 5. The Bertz CT molecular complexity index is 846. The number of nitriles is 2. The Kier molecular flexibility index (Phi) is 4.93. The molecule has 1 aromatic carbocycles. The molecule has 0 aliphatic carbocycles. The molecule has 0 aliphatic rings. The average molecular weight is 325 g/mol. The second-order valence-corrected chi connectivity index (χ2v) is 4.60. The summed E-state index contributed by atoms with van der Waals surface area (Å²) in [6, 6.07) is 7.33. The van der Waals surface area contributed by atoms with E-state index in [9.17, 15) is 5.26 Å². The van der Waals surface area contributed by atoms with Crippen LogP contribution in [-0.4, -0.2) is 31.5 Å². The Labute approximate surface area is 138 Å². The molecule has 0 radical (unpaired) electrons. The van der Waals surface area contributed by atoms with Crippen molar-refractivity contribution in [1.82, 2.24) is 10.2 Å². The number of allylic oxidation sites excluding steroid dienone is 1. The number of ether oxygens (including phenoxy) is 3. The van der Waals surface area contributed by atoms with Crippen molar-refractivity contribution in [2.24, 2.45) is 0 Å². The summed E-state index contributed by atoms with van der Waals surface area (Å²) in [6.45, 7) is 0. The number of aromatic amines is 1. The molecule has 0 bridgehead atoms. The quantitative estimate of drug-likeness (QED) is 0.803. The van der Waals surface area contributed by atoms with E-state index in [-0.39, 0.29) is 22.6 Å². The normalized spacial score (nSPS) is 10.6. The van der Waals surface area contributed by atoms with E-state index in [4.69, 9.17) is 25.2 Å². The summed E-state index contributed by atoms with van der Waals surface area (Å²) in [5, 5.41) is 24.9. The highest BCUT2D eigenvalue weighted by Crippen LogP contribution is 2.39. The molecule has 24 heavy (non-hydrogen) atoms. The van der Waals surface area contributed by atoms with Crippen LogP contribution in [-0.2, 0) is 0 Å². The molecule has 2 aromatic rings. The molecule has 1 aromatic heterocycles. The van der Waals surface area contributed by atoms with Gasteiger partial charge >= 0.3 is 0 Å². The van der Waals surface area contributed by atoms with Gasteiger partial charge in [-0.15, -0.1) is 0 Å². The van der Waals surface area contributed by atoms with Gasteiger partial charge in [-0.3, -0.25) is 5.10 Å². The molecule has 0 saturated heterocycles. The molecule has 0 saturated carbocycles. The van der Waals surface area contributed by atoms with E-state index in [2.05, 4.69) is 10.2 Å². The second-order valence-electron chi connectivity index (χ2n) is 4.60. The largest absolute Gasteiger partial charge is 0.493 e. The van der Waals surface area contributed by atoms with Gasteiger partial charge in [0.05, 0.1) is 32.6 Å². The average Bonchev–Trinajstić information content (AvgIpc) is 2.98. The van der Waals surface area contributed by atoms with Gasteiger partial charge in [-0.2, -0.15) is 15.6 Å². The summed E-state index contributed by atoms with van der Waals surface area (Å²) in [6.07, 6.45) is 1.57. The number of nitrogens with zero attached hydrogens (tertiary/aromatic N) is 3. The third-order valence-corrected chi connectivity index (χ3v) is 3.29. The smallest absolute Gasteiger partial charge is 0.203 e. The third kappa shape index (κ3) is 2.94. The van der Waals surface area contributed by atoms with Crippen LogP contribution in [0.5, 0.6) is 17.2 Å². The number of hydrogen-bond donors (Lipinski definition) is 2. The maximum Gasteiger partial charge on any atom is 0.203 e. The molecule has 122 valence electrons. The fourth-order valence-electron chi connectivity index (χ4n) is 2.18. The van der Waals surface area contributed by atoms with E-state index in [0.717, 1.165) is 0 Å². The van der Waals surface area contributed by atoms with Gasteiger partial charge in [0.1, 0.15) is 17.7 Å². The van der Waals surface area contributed by atoms with Gasteiger partial charge in [-0.05, 0) is 23.8 Å². The van der Waals surface area contributed by atoms with Crippen LogP contribution < -0.4 is 19.9 Å². The Morgan fingerprint density at radius 3 is 2.25 bits per heavy atom. The predicted molar refractivity (Wildman–Crippen MR) is 87.3 cm³/mol. The van der Waals surface area contributed by atoms with E-state index in [1.54, 1.807) is 18.2 Å². The van der Waals surface area contributed by atoms with Crippen LogP contribution in [0.1, 0.15) is 16.8 Å². The highest BCUT2D eigenvalue weighted by molar-refractivity contribution is 5.91. The van der Waals surface area contributed by atoms with Crippen LogP contribution in [0.3, 0.4) is 0 Å². The molecule has 8 heteroatoms. The number of hydrogen-bond acceptors (Lipinski definition) is 7. The van der Waals surface area contributed by atoms with Crippen molar-refractivity contribution in [2.45, 2.75) is 0 Å². The fourth-order valence-corrected chi connectivity index (χ4v) is 2.18. The van der Waals surface area contributed by atoms with Crippen molar-refractivity contribution in [3.8, 4) is 29.4 Å². The van der Waals surface area contributed by atoms with Gasteiger partial charge in [-0.1, -0.05) is 0 Å². The minimum atomic E-state index is 0.0403. The number of aromatic nitrogens is 2. The van der Waals surface area contributed by atoms with Crippen molar-refractivity contribution in [3.05, 3.63) is 29.0 Å². The topological polar surface area (TPSA) is 130 Å². The number of anilines is 1. The van der Waals surface area contributed by atoms with Crippen molar-refractivity contribution in [1.29, 1.82) is 10.5 Å². The van der Waals surface area contributed by atoms with Gasteiger partial charge in [0.15, 0.2) is 17.3 Å². The fraction of sp³-hybridized carbons (Fsp3) is 0.188. The van der Waals surface area contributed by atoms with E-state index in [1.807, 2.05) is 12.1 Å². The SMILES string of the molecule is COc1cc(C=C(C#N)c2[nH]nc(N)c2C#N)cc(OC)c1OC. The number of methoxy groups -OCH3 is 3. The summed E-state index contributed by atoms with van der Waals surface area (Å²) in [5.41, 5.74) is 6.81. The Balaban J connectivity index is 2.60. The van der Waals surface area contributed by atoms with Crippen LogP contribution in [0.25, 0.3) is 11.6 Å². The first-order chi connectivity index (χ1) is 11.6. The van der Waals surface area contributed by atoms with Crippen LogP contribution in [0.4, 0.5) is 5.82 Å². The van der Waals surface area contributed by atoms with Crippen molar-refractivity contribution in [2.75, 3.05) is 27.1 Å². The molecular weight excluding hydrogens is 310 g/mol. The van der Waals surface area contributed by atoms with E-state index in [0.29, 0.717) is 22.8 Å². The molecule has 0 aliphatic heterocycles. The lowest BCUT2D eigenvalue weighted by atomic mass is 10.1. The Morgan fingerprint density at radius 1 is 1.17 bits per heavy atom. The molecule has 0 fully saturated rings. The lowest BCUT2D eigenvalue weighted by Crippen LogP contribution is -1.96. The summed E-state index contributed by atoms with van der Waals surface area (Å²) in [7, 11) is 4.50. The van der Waals surface area contributed by atoms with Crippen LogP contribution in [0.2, 0.25) is 0 Å². The molecular formula is C16H15N5O3. The van der Waals surface area contributed by atoms with Crippen LogP contribution >= 0.6 is 0 Å². The molecule has 3 N–H and O–H groups in total. The van der Waals surface area contributed by atoms with E-state index >= 15 is 0 Å². The minimum absolute atomic E-state index is 0.0403. The summed E-state index contributed by atoms with van der Waals surface area (Å²) in [5.74, 6) is 1.38. The molecule has 2 rings (SSSR count). The maximum atomic E-state index is 9.42. The van der Waals surface area contributed by atoms with Gasteiger partial charge in [0.2, 0.25) is 5.75 Å². The van der Waals surface area contributed by atoms with Gasteiger partial charge in [0.25, 0.3) is 0 Å². The predicted octanol–water partition coefficient (Wildman–Crippen LogP) is 1.95. The summed E-state index contributed by atoms with van der Waals surface area (Å²) < 4.78 is 15.8. The van der Waals surface area contributed by atoms with Crippen molar-refractivity contribution >= 4 is 17.5 Å². The maximum absolute atomic E-state index is 9.42. The zero-order chi connectivity index (χ0) is 17.7. The lowest BCUT2D eigenvalue weighted by Gasteiger charge is -2.13. The zero-order valence-electron chi connectivity index (χ0n) is 13.4. The van der Waals surface area contributed by atoms with Crippen LogP contribution in [0, 0.1) is 22.7 Å². The molecule has 0 spiro atoms. The molecule has 0 atom stereocenters. The molecule has 0 amide bonds.